The lowest BCUT2D eigenvalue weighted by Gasteiger charge is -2.15. The summed E-state index contributed by atoms with van der Waals surface area (Å²) in [5.74, 6) is -0.831. The van der Waals surface area contributed by atoms with Crippen molar-refractivity contribution >= 4 is 16.0 Å². The minimum absolute atomic E-state index is 0.326. The number of sulfonamides is 1. The average molecular weight is 225 g/mol. The topological polar surface area (TPSA) is 92.7 Å². The van der Waals surface area contributed by atoms with Crippen molar-refractivity contribution < 1.29 is 23.1 Å². The van der Waals surface area contributed by atoms with Crippen LogP contribution in [0.4, 0.5) is 0 Å². The maximum absolute atomic E-state index is 11.4. The number of hydrogen-bond acceptors (Lipinski definition) is 5. The maximum atomic E-state index is 11.4. The number of methoxy groups -OCH3 is 1. The van der Waals surface area contributed by atoms with Crippen molar-refractivity contribution in [1.29, 1.82) is 0 Å². The molecule has 0 radical (unpaired) electrons. The minimum Gasteiger partial charge on any atom is -0.468 e. The molecule has 0 aromatic heterocycles. The number of hydrogen-bond donors (Lipinski definition) is 2. The summed E-state index contributed by atoms with van der Waals surface area (Å²) in [6, 6.07) is -0.618. The fourth-order valence-electron chi connectivity index (χ4n) is 0.712. The van der Waals surface area contributed by atoms with Crippen LogP contribution < -0.4 is 4.72 Å². The van der Waals surface area contributed by atoms with Crippen LogP contribution in [0.3, 0.4) is 0 Å². The van der Waals surface area contributed by atoms with Crippen LogP contribution in [0.2, 0.25) is 0 Å². The molecule has 0 saturated heterocycles. The zero-order chi connectivity index (χ0) is 11.4. The van der Waals surface area contributed by atoms with Crippen molar-refractivity contribution in [3.63, 3.8) is 0 Å². The standard InChI is InChI=1S/C7H15NO5S/c1-5(4-9)8-14(11,12)6(2)7(10)13-3/h5-6,8-9H,4H2,1-3H3/t5-,6?/m1/s1. The van der Waals surface area contributed by atoms with Gasteiger partial charge in [-0.1, -0.05) is 0 Å². The van der Waals surface area contributed by atoms with E-state index in [9.17, 15) is 13.2 Å². The van der Waals surface area contributed by atoms with Crippen LogP contribution in [-0.2, 0) is 19.6 Å². The molecule has 1 unspecified atom stereocenters. The Labute approximate surface area is 83.3 Å². The Balaban J connectivity index is 4.55. The number of aliphatic hydroxyl groups is 1. The first-order valence-electron chi connectivity index (χ1n) is 4.05. The van der Waals surface area contributed by atoms with E-state index in [1.807, 2.05) is 0 Å². The molecular weight excluding hydrogens is 210 g/mol. The summed E-state index contributed by atoms with van der Waals surface area (Å²) >= 11 is 0. The molecule has 0 aromatic carbocycles. The van der Waals surface area contributed by atoms with E-state index in [1.54, 1.807) is 0 Å². The van der Waals surface area contributed by atoms with E-state index in [4.69, 9.17) is 5.11 Å². The molecule has 14 heavy (non-hydrogen) atoms. The van der Waals surface area contributed by atoms with Crippen LogP contribution in [0.5, 0.6) is 0 Å². The molecule has 84 valence electrons. The Morgan fingerprint density at radius 2 is 2.00 bits per heavy atom. The molecule has 6 nitrogen and oxygen atoms in total. The SMILES string of the molecule is COC(=O)C(C)S(=O)(=O)N[C@H](C)CO. The minimum atomic E-state index is -3.77. The van der Waals surface area contributed by atoms with Gasteiger partial charge in [0.1, 0.15) is 0 Å². The van der Waals surface area contributed by atoms with Crippen molar-refractivity contribution in [1.82, 2.24) is 4.72 Å². The Morgan fingerprint density at radius 1 is 1.50 bits per heavy atom. The molecule has 0 aliphatic heterocycles. The number of rotatable bonds is 5. The van der Waals surface area contributed by atoms with Gasteiger partial charge >= 0.3 is 5.97 Å². The summed E-state index contributed by atoms with van der Waals surface area (Å²) in [6.07, 6.45) is 0. The highest BCUT2D eigenvalue weighted by Crippen LogP contribution is 2.01. The van der Waals surface area contributed by atoms with Crippen LogP contribution in [-0.4, -0.2) is 44.5 Å². The molecule has 0 aromatic rings. The first kappa shape index (κ1) is 13.3. The van der Waals surface area contributed by atoms with Crippen LogP contribution in [0.15, 0.2) is 0 Å². The van der Waals surface area contributed by atoms with Crippen molar-refractivity contribution in [2.75, 3.05) is 13.7 Å². The molecule has 0 fully saturated rings. The lowest BCUT2D eigenvalue weighted by Crippen LogP contribution is -2.43. The van der Waals surface area contributed by atoms with E-state index in [-0.39, 0.29) is 6.61 Å². The van der Waals surface area contributed by atoms with Gasteiger partial charge in [-0.15, -0.1) is 0 Å². The second-order valence-electron chi connectivity index (χ2n) is 2.91. The van der Waals surface area contributed by atoms with E-state index in [0.29, 0.717) is 0 Å². The third kappa shape index (κ3) is 3.60. The zero-order valence-corrected chi connectivity index (χ0v) is 9.17. The second-order valence-corrected chi connectivity index (χ2v) is 4.94. The quantitative estimate of drug-likeness (QED) is 0.576. The second kappa shape index (κ2) is 5.28. The summed E-state index contributed by atoms with van der Waals surface area (Å²) in [5.41, 5.74) is 0. The molecule has 2 atom stereocenters. The van der Waals surface area contributed by atoms with E-state index < -0.39 is 27.3 Å². The molecule has 0 rings (SSSR count). The van der Waals surface area contributed by atoms with Gasteiger partial charge < -0.3 is 9.84 Å². The summed E-state index contributed by atoms with van der Waals surface area (Å²) in [5, 5.41) is 7.36. The first-order chi connectivity index (χ1) is 6.35. The van der Waals surface area contributed by atoms with Gasteiger partial charge in [-0.25, -0.2) is 13.1 Å². The normalized spacial score (nSPS) is 16.0. The van der Waals surface area contributed by atoms with Gasteiger partial charge in [-0.2, -0.15) is 0 Å². The third-order valence-corrected chi connectivity index (χ3v) is 3.49. The van der Waals surface area contributed by atoms with Crippen LogP contribution in [0.25, 0.3) is 0 Å². The monoisotopic (exact) mass is 225 g/mol. The molecular formula is C7H15NO5S. The smallest absolute Gasteiger partial charge is 0.325 e. The number of nitrogens with one attached hydrogen (secondary N) is 1. The molecule has 0 aliphatic rings. The zero-order valence-electron chi connectivity index (χ0n) is 8.35. The Kier molecular flexibility index (Phi) is 5.03. The van der Waals surface area contributed by atoms with Crippen molar-refractivity contribution in [2.24, 2.45) is 0 Å². The van der Waals surface area contributed by atoms with Gasteiger partial charge in [0.05, 0.1) is 13.7 Å². The van der Waals surface area contributed by atoms with E-state index in [0.717, 1.165) is 7.11 Å². The van der Waals surface area contributed by atoms with E-state index >= 15 is 0 Å². The molecule has 0 spiro atoms. The highest BCUT2D eigenvalue weighted by atomic mass is 32.2. The Bertz CT molecular complexity index is 286. The van der Waals surface area contributed by atoms with Crippen molar-refractivity contribution in [3.05, 3.63) is 0 Å². The molecule has 0 bridgehead atoms. The lowest BCUT2D eigenvalue weighted by molar-refractivity contribution is -0.139. The fourth-order valence-corrected chi connectivity index (χ4v) is 1.90. The molecule has 0 amide bonds. The number of carbonyl (C=O) groups is 1. The molecule has 0 heterocycles. The number of aliphatic hydroxyl groups excluding tert-OH is 1. The highest BCUT2D eigenvalue weighted by molar-refractivity contribution is 7.90. The van der Waals surface area contributed by atoms with Crippen molar-refractivity contribution in [2.45, 2.75) is 25.1 Å². The molecule has 0 aliphatic carbocycles. The predicted molar refractivity (Wildman–Crippen MR) is 50.1 cm³/mol. The average Bonchev–Trinajstić information content (AvgIpc) is 2.14. The predicted octanol–water partition coefficient (Wildman–Crippen LogP) is -1.15. The summed E-state index contributed by atoms with van der Waals surface area (Å²) in [6.45, 7) is 2.38. The van der Waals surface area contributed by atoms with Gasteiger partial charge in [-0.3, -0.25) is 4.79 Å². The Morgan fingerprint density at radius 3 is 2.36 bits per heavy atom. The molecule has 0 saturated carbocycles. The highest BCUT2D eigenvalue weighted by Gasteiger charge is 2.29. The van der Waals surface area contributed by atoms with Gasteiger partial charge in [0, 0.05) is 6.04 Å². The van der Waals surface area contributed by atoms with Crippen molar-refractivity contribution in [3.8, 4) is 0 Å². The third-order valence-electron chi connectivity index (χ3n) is 1.64. The van der Waals surface area contributed by atoms with Gasteiger partial charge in [0.2, 0.25) is 10.0 Å². The fraction of sp³-hybridized carbons (Fsp3) is 0.857. The number of esters is 1. The first-order valence-corrected chi connectivity index (χ1v) is 5.59. The van der Waals surface area contributed by atoms with Crippen LogP contribution >= 0.6 is 0 Å². The van der Waals surface area contributed by atoms with Gasteiger partial charge in [0.25, 0.3) is 0 Å². The van der Waals surface area contributed by atoms with E-state index in [1.165, 1.54) is 13.8 Å². The molecule has 2 N–H and O–H groups in total. The summed E-state index contributed by atoms with van der Waals surface area (Å²) < 4.78 is 29.2. The lowest BCUT2D eigenvalue weighted by atomic mass is 10.4. The Hall–Kier alpha value is -0.660. The van der Waals surface area contributed by atoms with Gasteiger partial charge in [0.15, 0.2) is 5.25 Å². The van der Waals surface area contributed by atoms with Gasteiger partial charge in [-0.05, 0) is 13.8 Å². The van der Waals surface area contributed by atoms with Crippen LogP contribution in [0, 0.1) is 0 Å². The number of carbonyl (C=O) groups excluding carboxylic acids is 1. The molecule has 7 heteroatoms. The largest absolute Gasteiger partial charge is 0.468 e. The number of ether oxygens (including phenoxy) is 1. The maximum Gasteiger partial charge on any atom is 0.325 e. The summed E-state index contributed by atoms with van der Waals surface area (Å²) in [7, 11) is -2.65. The van der Waals surface area contributed by atoms with Crippen LogP contribution in [0.1, 0.15) is 13.8 Å². The summed E-state index contributed by atoms with van der Waals surface area (Å²) in [4.78, 5) is 10.9. The van der Waals surface area contributed by atoms with E-state index in [2.05, 4.69) is 9.46 Å².